The molecule has 9 heteroatoms. The summed E-state index contributed by atoms with van der Waals surface area (Å²) in [7, 11) is 0. The minimum atomic E-state index is -0.419. The van der Waals surface area contributed by atoms with Crippen molar-refractivity contribution in [3.63, 3.8) is 0 Å². The monoisotopic (exact) mass is 505 g/mol. The predicted molar refractivity (Wildman–Crippen MR) is 108 cm³/mol. The standard InChI is InChI=1S/C19H13IN5O2.ClH/c20-15-10-12-16(13-11-15)23-21-19(14-6-2-1-3-7-14)22-24(23)17-8-4-5-9-18(17)25(26)27;/h1-13H;1H/q+1;/p-1. The third-order valence-electron chi connectivity index (χ3n) is 3.94. The van der Waals surface area contributed by atoms with Crippen LogP contribution in [0.5, 0.6) is 0 Å². The Morgan fingerprint density at radius 2 is 1.57 bits per heavy atom. The normalized spacial score (nSPS) is 10.3. The van der Waals surface area contributed by atoms with Crippen LogP contribution in [0.3, 0.4) is 0 Å². The highest BCUT2D eigenvalue weighted by molar-refractivity contribution is 14.1. The number of nitro benzene ring substituents is 1. The summed E-state index contributed by atoms with van der Waals surface area (Å²) < 4.78 is 1.08. The Labute approximate surface area is 180 Å². The minimum Gasteiger partial charge on any atom is -1.00 e. The Hall–Kier alpha value is -2.85. The van der Waals surface area contributed by atoms with E-state index in [1.165, 1.54) is 10.9 Å². The number of nitrogens with zero attached hydrogens (tertiary/aromatic N) is 5. The van der Waals surface area contributed by atoms with Gasteiger partial charge in [0.2, 0.25) is 0 Å². The van der Waals surface area contributed by atoms with Gasteiger partial charge >= 0.3 is 11.5 Å². The van der Waals surface area contributed by atoms with Gasteiger partial charge in [-0.05, 0) is 75.0 Å². The van der Waals surface area contributed by atoms with Crippen molar-refractivity contribution < 1.29 is 22.1 Å². The largest absolute Gasteiger partial charge is 1.00 e. The summed E-state index contributed by atoms with van der Waals surface area (Å²) in [6.07, 6.45) is 0. The molecular weight excluding hydrogens is 493 g/mol. The van der Waals surface area contributed by atoms with Crippen molar-refractivity contribution in [3.8, 4) is 22.8 Å². The molecule has 0 aliphatic heterocycles. The summed E-state index contributed by atoms with van der Waals surface area (Å²) >= 11 is 2.22. The maximum absolute atomic E-state index is 11.5. The van der Waals surface area contributed by atoms with Crippen LogP contribution in [0.25, 0.3) is 22.8 Å². The zero-order valence-corrected chi connectivity index (χ0v) is 17.2. The second-order valence-corrected chi connectivity index (χ2v) is 6.94. The number of hydrogen-bond acceptors (Lipinski definition) is 4. The van der Waals surface area contributed by atoms with Crippen molar-refractivity contribution in [1.82, 2.24) is 15.0 Å². The molecule has 4 aromatic rings. The number of tetrazole rings is 1. The molecule has 3 aromatic carbocycles. The highest BCUT2D eigenvalue weighted by atomic mass is 127. The third-order valence-corrected chi connectivity index (χ3v) is 4.66. The van der Waals surface area contributed by atoms with E-state index in [1.54, 1.807) is 23.0 Å². The first-order valence-corrected chi connectivity index (χ1v) is 9.16. The Kier molecular flexibility index (Phi) is 6.00. The van der Waals surface area contributed by atoms with E-state index >= 15 is 0 Å². The average Bonchev–Trinajstić information content (AvgIpc) is 3.14. The first kappa shape index (κ1) is 19.9. The molecule has 0 aliphatic rings. The molecule has 4 rings (SSSR count). The predicted octanol–water partition coefficient (Wildman–Crippen LogP) is 0.728. The molecule has 1 heterocycles. The fraction of sp³-hybridized carbons (Fsp3) is 0. The van der Waals surface area contributed by atoms with E-state index in [0.717, 1.165) is 14.8 Å². The molecule has 0 atom stereocenters. The number of hydrogen-bond donors (Lipinski definition) is 0. The molecule has 140 valence electrons. The van der Waals surface area contributed by atoms with Crippen molar-refractivity contribution in [2.45, 2.75) is 0 Å². The summed E-state index contributed by atoms with van der Waals surface area (Å²) in [5, 5.41) is 20.7. The van der Waals surface area contributed by atoms with E-state index in [4.69, 9.17) is 0 Å². The summed E-state index contributed by atoms with van der Waals surface area (Å²) in [5.74, 6) is 0.479. The molecule has 0 unspecified atom stereocenters. The van der Waals surface area contributed by atoms with Crippen molar-refractivity contribution in [2.24, 2.45) is 0 Å². The first-order chi connectivity index (χ1) is 13.1. The van der Waals surface area contributed by atoms with Crippen molar-refractivity contribution in [3.05, 3.63) is 92.5 Å². The molecule has 1 aromatic heterocycles. The van der Waals surface area contributed by atoms with Crippen LogP contribution in [0.4, 0.5) is 5.69 Å². The molecular formula is C19H13ClIN5O2. The van der Waals surface area contributed by atoms with E-state index in [-0.39, 0.29) is 18.1 Å². The third kappa shape index (κ3) is 3.87. The zero-order chi connectivity index (χ0) is 18.8. The lowest BCUT2D eigenvalue weighted by Gasteiger charge is -2.01. The zero-order valence-electron chi connectivity index (χ0n) is 14.3. The molecule has 0 fully saturated rings. The van der Waals surface area contributed by atoms with Crippen LogP contribution in [0, 0.1) is 13.7 Å². The highest BCUT2D eigenvalue weighted by Gasteiger charge is 2.28. The van der Waals surface area contributed by atoms with Crippen LogP contribution in [-0.4, -0.2) is 19.9 Å². The SMILES string of the molecule is O=[N+]([O-])c1ccccc1-[n+]1nc(-c2ccccc2)nn1-c1ccc(I)cc1.[Cl-]. The van der Waals surface area contributed by atoms with Crippen LogP contribution in [0.15, 0.2) is 78.9 Å². The van der Waals surface area contributed by atoms with Crippen LogP contribution in [0.2, 0.25) is 0 Å². The van der Waals surface area contributed by atoms with Crippen molar-refractivity contribution in [1.29, 1.82) is 0 Å². The summed E-state index contributed by atoms with van der Waals surface area (Å²) in [4.78, 5) is 14.1. The number of nitro groups is 1. The maximum Gasteiger partial charge on any atom is 0.340 e. The number of halogens is 2. The molecule has 0 amide bonds. The smallest absolute Gasteiger partial charge is 0.340 e. The number of benzene rings is 3. The van der Waals surface area contributed by atoms with Gasteiger partial charge < -0.3 is 12.4 Å². The van der Waals surface area contributed by atoms with E-state index in [2.05, 4.69) is 32.8 Å². The van der Waals surface area contributed by atoms with Gasteiger partial charge in [-0.2, -0.15) is 0 Å². The Morgan fingerprint density at radius 1 is 0.929 bits per heavy atom. The fourth-order valence-corrected chi connectivity index (χ4v) is 3.03. The van der Waals surface area contributed by atoms with Gasteiger partial charge in [0.05, 0.1) is 15.6 Å². The van der Waals surface area contributed by atoms with Crippen LogP contribution >= 0.6 is 22.6 Å². The lowest BCUT2D eigenvalue weighted by molar-refractivity contribution is -0.736. The quantitative estimate of drug-likeness (QED) is 0.177. The van der Waals surface area contributed by atoms with Crippen molar-refractivity contribution in [2.75, 3.05) is 0 Å². The maximum atomic E-state index is 11.5. The molecule has 0 radical (unpaired) electrons. The second kappa shape index (κ2) is 8.44. The van der Waals surface area contributed by atoms with Gasteiger partial charge in [-0.15, -0.1) is 0 Å². The Bertz CT molecular complexity index is 1120. The van der Waals surface area contributed by atoms with Gasteiger partial charge in [0, 0.05) is 14.4 Å². The first-order valence-electron chi connectivity index (χ1n) is 8.08. The van der Waals surface area contributed by atoms with Gasteiger partial charge in [-0.25, -0.2) is 0 Å². The van der Waals surface area contributed by atoms with Gasteiger partial charge in [0.25, 0.3) is 5.69 Å². The van der Waals surface area contributed by atoms with Gasteiger partial charge in [-0.3, -0.25) is 10.1 Å². The lowest BCUT2D eigenvalue weighted by atomic mass is 10.2. The lowest BCUT2D eigenvalue weighted by Crippen LogP contribution is -3.00. The van der Waals surface area contributed by atoms with Gasteiger partial charge in [0.1, 0.15) is 5.69 Å². The number of para-hydroxylation sites is 2. The Balaban J connectivity index is 0.00000225. The van der Waals surface area contributed by atoms with Gasteiger partial charge in [-0.1, -0.05) is 30.3 Å². The van der Waals surface area contributed by atoms with Crippen LogP contribution in [0.1, 0.15) is 0 Å². The molecule has 0 saturated carbocycles. The van der Waals surface area contributed by atoms with E-state index < -0.39 is 4.92 Å². The molecule has 0 N–H and O–H groups in total. The van der Waals surface area contributed by atoms with E-state index in [9.17, 15) is 10.1 Å². The summed E-state index contributed by atoms with van der Waals surface area (Å²) in [5.41, 5.74) is 1.88. The molecule has 28 heavy (non-hydrogen) atoms. The van der Waals surface area contributed by atoms with Gasteiger partial charge in [0.15, 0.2) is 0 Å². The van der Waals surface area contributed by atoms with Crippen LogP contribution in [-0.2, 0) is 0 Å². The number of rotatable bonds is 4. The highest BCUT2D eigenvalue weighted by Crippen LogP contribution is 2.20. The fourth-order valence-electron chi connectivity index (χ4n) is 2.67. The molecule has 0 spiro atoms. The summed E-state index contributed by atoms with van der Waals surface area (Å²) in [6.45, 7) is 0. The van der Waals surface area contributed by atoms with E-state index in [0.29, 0.717) is 11.5 Å². The molecule has 7 nitrogen and oxygen atoms in total. The molecule has 0 aliphatic carbocycles. The topological polar surface area (TPSA) is 77.7 Å². The molecule has 0 bridgehead atoms. The minimum absolute atomic E-state index is 0. The van der Waals surface area contributed by atoms with Crippen LogP contribution < -0.4 is 17.2 Å². The second-order valence-electron chi connectivity index (χ2n) is 5.69. The number of aromatic nitrogens is 4. The van der Waals surface area contributed by atoms with Crippen molar-refractivity contribution >= 4 is 28.3 Å². The Morgan fingerprint density at radius 3 is 2.25 bits per heavy atom. The van der Waals surface area contributed by atoms with E-state index in [1.807, 2.05) is 54.6 Å². The molecule has 0 saturated heterocycles. The average molecular weight is 506 g/mol. The summed E-state index contributed by atoms with van der Waals surface area (Å²) in [6, 6.07) is 23.7.